The third-order valence-electron chi connectivity index (χ3n) is 2.82. The fraction of sp³-hybridized carbons (Fsp3) is 0.0667. The van der Waals surface area contributed by atoms with Crippen LogP contribution in [-0.4, -0.2) is 12.0 Å². The first-order chi connectivity index (χ1) is 10.0. The normalized spacial score (nSPS) is 9.57. The number of non-ortho nitro benzene ring substituents is 1. The summed E-state index contributed by atoms with van der Waals surface area (Å²) < 4.78 is 5.06. The van der Waals surface area contributed by atoms with Gasteiger partial charge in [-0.05, 0) is 24.3 Å². The van der Waals surface area contributed by atoms with Crippen LogP contribution in [0.15, 0.2) is 36.4 Å². The molecule has 0 spiro atoms. The van der Waals surface area contributed by atoms with Crippen LogP contribution < -0.4 is 16.2 Å². The highest BCUT2D eigenvalue weighted by Crippen LogP contribution is 2.22. The summed E-state index contributed by atoms with van der Waals surface area (Å²) in [6.07, 6.45) is 0. The van der Waals surface area contributed by atoms with Crippen LogP contribution in [0.25, 0.3) is 0 Å². The number of nitro groups is 1. The minimum absolute atomic E-state index is 0.0632. The van der Waals surface area contributed by atoms with Crippen molar-refractivity contribution in [2.45, 2.75) is 0 Å². The average molecular weight is 283 g/mol. The highest BCUT2D eigenvalue weighted by Gasteiger charge is 2.07. The van der Waals surface area contributed by atoms with Crippen molar-refractivity contribution in [1.82, 2.24) is 0 Å². The molecule has 0 aliphatic heterocycles. The standard InChI is InChI=1S/C15H13N3O3/c1-21-15-7-3-10(8-14(15)17)2-4-11-5-6-12(18(19)20)9-13(11)16/h3,5-9H,16-17H2,1H3. The molecule has 2 rings (SSSR count). The highest BCUT2D eigenvalue weighted by atomic mass is 16.6. The van der Waals surface area contributed by atoms with E-state index in [1.165, 1.54) is 25.3 Å². The van der Waals surface area contributed by atoms with Crippen molar-refractivity contribution in [1.29, 1.82) is 0 Å². The van der Waals surface area contributed by atoms with Gasteiger partial charge in [0.25, 0.3) is 5.69 Å². The number of nitrogens with two attached hydrogens (primary N) is 2. The SMILES string of the molecule is COc1ccc(C#Cc2ccc([N+](=O)[O-])cc2N)cc1N. The van der Waals surface area contributed by atoms with Gasteiger partial charge in [0.1, 0.15) is 5.75 Å². The van der Waals surface area contributed by atoms with Crippen LogP contribution in [0.3, 0.4) is 0 Å². The van der Waals surface area contributed by atoms with Gasteiger partial charge in [-0.1, -0.05) is 11.8 Å². The molecule has 0 heterocycles. The second kappa shape index (κ2) is 5.84. The van der Waals surface area contributed by atoms with E-state index < -0.39 is 4.92 Å². The number of nitrogen functional groups attached to an aromatic ring is 2. The molecule has 4 N–H and O–H groups in total. The molecule has 0 fully saturated rings. The molecule has 2 aromatic carbocycles. The number of nitrogens with zero attached hydrogens (tertiary/aromatic N) is 1. The third-order valence-corrected chi connectivity index (χ3v) is 2.82. The Bertz CT molecular complexity index is 760. The summed E-state index contributed by atoms with van der Waals surface area (Å²) in [6.45, 7) is 0. The quantitative estimate of drug-likeness (QED) is 0.380. The molecule has 0 aromatic heterocycles. The van der Waals surface area contributed by atoms with E-state index in [1.807, 2.05) is 0 Å². The minimum Gasteiger partial charge on any atom is -0.495 e. The summed E-state index contributed by atoms with van der Waals surface area (Å²) in [5.41, 5.74) is 13.4. The minimum atomic E-state index is -0.502. The van der Waals surface area contributed by atoms with E-state index in [-0.39, 0.29) is 11.4 Å². The van der Waals surface area contributed by atoms with Gasteiger partial charge in [-0.25, -0.2) is 0 Å². The largest absolute Gasteiger partial charge is 0.495 e. The molecule has 0 radical (unpaired) electrons. The fourth-order valence-electron chi connectivity index (χ4n) is 1.73. The van der Waals surface area contributed by atoms with E-state index in [1.54, 1.807) is 18.2 Å². The Morgan fingerprint density at radius 1 is 1.10 bits per heavy atom. The first kappa shape index (κ1) is 14.2. The summed E-state index contributed by atoms with van der Waals surface area (Å²) in [5, 5.41) is 10.6. The van der Waals surface area contributed by atoms with Crippen molar-refractivity contribution in [2.24, 2.45) is 0 Å². The Morgan fingerprint density at radius 2 is 1.86 bits per heavy atom. The predicted octanol–water partition coefficient (Wildman–Crippen LogP) is 2.17. The van der Waals surface area contributed by atoms with Gasteiger partial charge in [0.05, 0.1) is 23.4 Å². The summed E-state index contributed by atoms with van der Waals surface area (Å²) in [4.78, 5) is 10.1. The second-order valence-electron chi connectivity index (χ2n) is 4.24. The molecular weight excluding hydrogens is 270 g/mol. The maximum Gasteiger partial charge on any atom is 0.271 e. The number of ether oxygens (including phenoxy) is 1. The zero-order valence-corrected chi connectivity index (χ0v) is 11.3. The Labute approximate surface area is 121 Å². The number of hydrogen-bond donors (Lipinski definition) is 2. The van der Waals surface area contributed by atoms with Gasteiger partial charge < -0.3 is 16.2 Å². The smallest absolute Gasteiger partial charge is 0.271 e. The van der Waals surface area contributed by atoms with Crippen molar-refractivity contribution in [3.05, 3.63) is 57.6 Å². The first-order valence-corrected chi connectivity index (χ1v) is 6.00. The lowest BCUT2D eigenvalue weighted by Crippen LogP contribution is -1.94. The van der Waals surface area contributed by atoms with E-state index in [2.05, 4.69) is 11.8 Å². The van der Waals surface area contributed by atoms with Crippen LogP contribution in [0.5, 0.6) is 5.75 Å². The van der Waals surface area contributed by atoms with Gasteiger partial charge in [-0.15, -0.1) is 0 Å². The monoisotopic (exact) mass is 283 g/mol. The Balaban J connectivity index is 2.31. The molecule has 0 amide bonds. The van der Waals surface area contributed by atoms with Gasteiger partial charge in [0.15, 0.2) is 0 Å². The van der Waals surface area contributed by atoms with Gasteiger partial charge in [-0.2, -0.15) is 0 Å². The van der Waals surface area contributed by atoms with E-state index in [0.29, 0.717) is 22.6 Å². The number of rotatable bonds is 2. The van der Waals surface area contributed by atoms with Crippen molar-refractivity contribution in [3.8, 4) is 17.6 Å². The first-order valence-electron chi connectivity index (χ1n) is 6.00. The molecule has 0 saturated carbocycles. The predicted molar refractivity (Wildman–Crippen MR) is 80.9 cm³/mol. The van der Waals surface area contributed by atoms with Crippen molar-refractivity contribution >= 4 is 17.1 Å². The fourth-order valence-corrected chi connectivity index (χ4v) is 1.73. The summed E-state index contributed by atoms with van der Waals surface area (Å²) in [5.74, 6) is 6.35. The van der Waals surface area contributed by atoms with Crippen LogP contribution in [0.2, 0.25) is 0 Å². The lowest BCUT2D eigenvalue weighted by molar-refractivity contribution is -0.384. The Kier molecular flexibility index (Phi) is 3.95. The summed E-state index contributed by atoms with van der Waals surface area (Å²) in [7, 11) is 1.54. The second-order valence-corrected chi connectivity index (χ2v) is 4.24. The van der Waals surface area contributed by atoms with Crippen LogP contribution in [0.1, 0.15) is 11.1 Å². The molecule has 0 bridgehead atoms. The number of nitro benzene ring substituents is 1. The Hall–Kier alpha value is -3.20. The molecule has 2 aromatic rings. The lowest BCUT2D eigenvalue weighted by Gasteiger charge is -2.03. The molecule has 0 atom stereocenters. The maximum atomic E-state index is 10.6. The number of hydrogen-bond acceptors (Lipinski definition) is 5. The van der Waals surface area contributed by atoms with Crippen LogP contribution in [0, 0.1) is 22.0 Å². The van der Waals surface area contributed by atoms with E-state index in [0.717, 1.165) is 0 Å². The van der Waals surface area contributed by atoms with E-state index >= 15 is 0 Å². The zero-order valence-electron chi connectivity index (χ0n) is 11.3. The van der Waals surface area contributed by atoms with Crippen LogP contribution in [0.4, 0.5) is 17.1 Å². The average Bonchev–Trinajstić information content (AvgIpc) is 2.46. The van der Waals surface area contributed by atoms with Gasteiger partial charge in [0.2, 0.25) is 0 Å². The van der Waals surface area contributed by atoms with Gasteiger partial charge in [-0.3, -0.25) is 10.1 Å². The molecule has 21 heavy (non-hydrogen) atoms. The molecule has 106 valence electrons. The lowest BCUT2D eigenvalue weighted by atomic mass is 10.1. The van der Waals surface area contributed by atoms with Crippen molar-refractivity contribution < 1.29 is 9.66 Å². The molecule has 0 aliphatic rings. The maximum absolute atomic E-state index is 10.6. The van der Waals surface area contributed by atoms with E-state index in [9.17, 15) is 10.1 Å². The van der Waals surface area contributed by atoms with Crippen molar-refractivity contribution in [3.63, 3.8) is 0 Å². The summed E-state index contributed by atoms with van der Waals surface area (Å²) >= 11 is 0. The van der Waals surface area contributed by atoms with Crippen molar-refractivity contribution in [2.75, 3.05) is 18.6 Å². The number of benzene rings is 2. The molecule has 6 nitrogen and oxygen atoms in total. The molecule has 0 unspecified atom stereocenters. The zero-order chi connectivity index (χ0) is 15.4. The summed E-state index contributed by atoms with van der Waals surface area (Å²) in [6, 6.07) is 9.35. The number of methoxy groups -OCH3 is 1. The highest BCUT2D eigenvalue weighted by molar-refractivity contribution is 5.63. The molecule has 6 heteroatoms. The molecular formula is C15H13N3O3. The van der Waals surface area contributed by atoms with Gasteiger partial charge >= 0.3 is 0 Å². The number of anilines is 2. The van der Waals surface area contributed by atoms with Gasteiger partial charge in [0, 0.05) is 23.3 Å². The molecule has 0 aliphatic carbocycles. The van der Waals surface area contributed by atoms with Crippen LogP contribution >= 0.6 is 0 Å². The van der Waals surface area contributed by atoms with E-state index in [4.69, 9.17) is 16.2 Å². The topological polar surface area (TPSA) is 104 Å². The Morgan fingerprint density at radius 3 is 2.43 bits per heavy atom. The molecule has 0 saturated heterocycles. The van der Waals surface area contributed by atoms with Crippen LogP contribution in [-0.2, 0) is 0 Å². The third kappa shape index (κ3) is 3.22.